The largest absolute Gasteiger partial charge is 0.481 e. The molecule has 0 bridgehead atoms. The normalized spacial score (nSPS) is 12.0. The average molecular weight is 325 g/mol. The molecule has 0 aliphatic carbocycles. The Kier molecular flexibility index (Phi) is 4.43. The maximum atomic E-state index is 11.1. The van der Waals surface area contributed by atoms with Crippen LogP contribution in [0.4, 0.5) is 0 Å². The van der Waals surface area contributed by atoms with E-state index in [0.717, 1.165) is 26.8 Å². The second kappa shape index (κ2) is 6.66. The highest BCUT2D eigenvalue weighted by atomic mass is 32.1. The number of pyridine rings is 2. The standard InChI is InChI=1S/C17H15N3O2S/c1-11(10-14(21)22)16-15(13-4-2-3-7-19-13)20-17(23-16)12-5-8-18-9-6-12/h2-9,11H,10H2,1H3,(H,21,22). The van der Waals surface area contributed by atoms with Crippen LogP contribution in [0.2, 0.25) is 0 Å². The van der Waals surface area contributed by atoms with Crippen LogP contribution in [-0.4, -0.2) is 26.0 Å². The lowest BCUT2D eigenvalue weighted by Gasteiger charge is -2.08. The molecule has 0 saturated heterocycles. The number of thiazole rings is 1. The molecule has 1 N–H and O–H groups in total. The van der Waals surface area contributed by atoms with Gasteiger partial charge in [-0.25, -0.2) is 4.98 Å². The predicted octanol–water partition coefficient (Wildman–Crippen LogP) is 3.85. The molecule has 0 aliphatic rings. The molecular formula is C17H15N3O2S. The molecule has 0 aromatic carbocycles. The molecule has 0 spiro atoms. The maximum absolute atomic E-state index is 11.1. The first kappa shape index (κ1) is 15.3. The Hall–Kier alpha value is -2.60. The van der Waals surface area contributed by atoms with Crippen LogP contribution in [-0.2, 0) is 4.79 Å². The van der Waals surface area contributed by atoms with Gasteiger partial charge in [-0.2, -0.15) is 0 Å². The highest BCUT2D eigenvalue weighted by molar-refractivity contribution is 7.15. The molecule has 0 fully saturated rings. The molecule has 3 rings (SSSR count). The fourth-order valence-electron chi connectivity index (χ4n) is 2.32. The van der Waals surface area contributed by atoms with E-state index in [-0.39, 0.29) is 12.3 Å². The van der Waals surface area contributed by atoms with Crippen LogP contribution in [0, 0.1) is 0 Å². The highest BCUT2D eigenvalue weighted by Gasteiger charge is 2.21. The summed E-state index contributed by atoms with van der Waals surface area (Å²) in [6, 6.07) is 9.43. The van der Waals surface area contributed by atoms with Crippen molar-refractivity contribution in [2.45, 2.75) is 19.3 Å². The van der Waals surface area contributed by atoms with Crippen molar-refractivity contribution in [2.24, 2.45) is 0 Å². The molecule has 0 aliphatic heterocycles. The maximum Gasteiger partial charge on any atom is 0.303 e. The van der Waals surface area contributed by atoms with Crippen molar-refractivity contribution in [3.05, 3.63) is 53.8 Å². The second-order valence-corrected chi connectivity index (χ2v) is 6.21. The number of nitrogens with zero attached hydrogens (tertiary/aromatic N) is 3. The summed E-state index contributed by atoms with van der Waals surface area (Å²) in [6.45, 7) is 1.91. The second-order valence-electron chi connectivity index (χ2n) is 5.18. The zero-order valence-electron chi connectivity index (χ0n) is 12.5. The summed E-state index contributed by atoms with van der Waals surface area (Å²) in [5, 5.41) is 9.94. The number of carboxylic acid groups (broad SMARTS) is 1. The Morgan fingerprint density at radius 1 is 1.22 bits per heavy atom. The molecule has 1 unspecified atom stereocenters. The van der Waals surface area contributed by atoms with Gasteiger partial charge in [-0.1, -0.05) is 13.0 Å². The molecule has 0 amide bonds. The van der Waals surface area contributed by atoms with E-state index in [0.29, 0.717) is 0 Å². The minimum atomic E-state index is -0.816. The summed E-state index contributed by atoms with van der Waals surface area (Å²) in [4.78, 5) is 25.1. The minimum Gasteiger partial charge on any atom is -0.481 e. The van der Waals surface area contributed by atoms with Crippen LogP contribution in [0.25, 0.3) is 22.0 Å². The van der Waals surface area contributed by atoms with Crippen LogP contribution >= 0.6 is 11.3 Å². The van der Waals surface area contributed by atoms with Crippen molar-refractivity contribution >= 4 is 17.3 Å². The smallest absolute Gasteiger partial charge is 0.303 e. The first-order valence-electron chi connectivity index (χ1n) is 7.19. The average Bonchev–Trinajstić information content (AvgIpc) is 3.01. The lowest BCUT2D eigenvalue weighted by Crippen LogP contribution is -2.02. The van der Waals surface area contributed by atoms with E-state index in [2.05, 4.69) is 9.97 Å². The van der Waals surface area contributed by atoms with Gasteiger partial charge in [0.05, 0.1) is 12.1 Å². The molecule has 1 atom stereocenters. The van der Waals surface area contributed by atoms with E-state index < -0.39 is 5.97 Å². The van der Waals surface area contributed by atoms with E-state index in [4.69, 9.17) is 10.1 Å². The van der Waals surface area contributed by atoms with Gasteiger partial charge in [0.1, 0.15) is 10.7 Å². The first-order chi connectivity index (χ1) is 11.1. The van der Waals surface area contributed by atoms with Crippen molar-refractivity contribution in [1.82, 2.24) is 15.0 Å². The Labute approximate surface area is 137 Å². The Balaban J connectivity index is 2.09. The van der Waals surface area contributed by atoms with Crippen LogP contribution in [0.1, 0.15) is 24.1 Å². The SMILES string of the molecule is CC(CC(=O)O)c1sc(-c2ccncc2)nc1-c1ccccn1. The van der Waals surface area contributed by atoms with Gasteiger partial charge < -0.3 is 5.11 Å². The molecule has 3 aromatic rings. The molecule has 23 heavy (non-hydrogen) atoms. The summed E-state index contributed by atoms with van der Waals surface area (Å²) >= 11 is 1.52. The van der Waals surface area contributed by atoms with Crippen molar-refractivity contribution in [2.75, 3.05) is 0 Å². The Morgan fingerprint density at radius 3 is 2.65 bits per heavy atom. The van der Waals surface area contributed by atoms with Crippen LogP contribution in [0.15, 0.2) is 48.9 Å². The summed E-state index contributed by atoms with van der Waals surface area (Å²) < 4.78 is 0. The quantitative estimate of drug-likeness (QED) is 0.771. The zero-order valence-corrected chi connectivity index (χ0v) is 13.3. The lowest BCUT2D eigenvalue weighted by atomic mass is 10.0. The third kappa shape index (κ3) is 3.43. The molecule has 5 nitrogen and oxygen atoms in total. The van der Waals surface area contributed by atoms with Crippen molar-refractivity contribution in [3.8, 4) is 22.0 Å². The van der Waals surface area contributed by atoms with Gasteiger partial charge in [-0.05, 0) is 24.3 Å². The van der Waals surface area contributed by atoms with Gasteiger partial charge in [0.2, 0.25) is 0 Å². The Morgan fingerprint density at radius 2 is 2.00 bits per heavy atom. The molecule has 0 saturated carbocycles. The number of carboxylic acids is 1. The number of aromatic nitrogens is 3. The van der Waals surface area contributed by atoms with Gasteiger partial charge in [0, 0.05) is 34.9 Å². The number of carbonyl (C=O) groups is 1. The number of hydrogen-bond acceptors (Lipinski definition) is 5. The van der Waals surface area contributed by atoms with Crippen LogP contribution in [0.5, 0.6) is 0 Å². The van der Waals surface area contributed by atoms with E-state index >= 15 is 0 Å². The van der Waals surface area contributed by atoms with Gasteiger partial charge in [0.25, 0.3) is 0 Å². The van der Waals surface area contributed by atoms with Crippen LogP contribution < -0.4 is 0 Å². The van der Waals surface area contributed by atoms with Gasteiger partial charge in [-0.15, -0.1) is 11.3 Å². The predicted molar refractivity (Wildman–Crippen MR) is 89.2 cm³/mol. The zero-order chi connectivity index (χ0) is 16.2. The number of aliphatic carboxylic acids is 1. The molecule has 0 radical (unpaired) electrons. The fraction of sp³-hybridized carbons (Fsp3) is 0.176. The van der Waals surface area contributed by atoms with E-state index in [1.54, 1.807) is 18.6 Å². The monoisotopic (exact) mass is 325 g/mol. The summed E-state index contributed by atoms with van der Waals surface area (Å²) in [7, 11) is 0. The summed E-state index contributed by atoms with van der Waals surface area (Å²) in [5.74, 6) is -0.944. The third-order valence-corrected chi connectivity index (χ3v) is 4.75. The molecule has 3 aromatic heterocycles. The van der Waals surface area contributed by atoms with Crippen LogP contribution in [0.3, 0.4) is 0 Å². The van der Waals surface area contributed by atoms with Crippen molar-refractivity contribution in [3.63, 3.8) is 0 Å². The molecular weight excluding hydrogens is 310 g/mol. The van der Waals surface area contributed by atoms with Gasteiger partial charge >= 0.3 is 5.97 Å². The van der Waals surface area contributed by atoms with E-state index in [1.165, 1.54) is 11.3 Å². The van der Waals surface area contributed by atoms with Gasteiger partial charge in [0.15, 0.2) is 0 Å². The third-order valence-electron chi connectivity index (χ3n) is 3.42. The number of hydrogen-bond donors (Lipinski definition) is 1. The molecule has 3 heterocycles. The summed E-state index contributed by atoms with van der Waals surface area (Å²) in [5.41, 5.74) is 2.49. The lowest BCUT2D eigenvalue weighted by molar-refractivity contribution is -0.137. The topological polar surface area (TPSA) is 76.0 Å². The van der Waals surface area contributed by atoms with Crippen molar-refractivity contribution < 1.29 is 9.90 Å². The molecule has 6 heteroatoms. The van der Waals surface area contributed by atoms with Gasteiger partial charge in [-0.3, -0.25) is 14.8 Å². The summed E-state index contributed by atoms with van der Waals surface area (Å²) in [6.07, 6.45) is 5.22. The number of rotatable bonds is 5. The Bertz CT molecular complexity index is 803. The highest BCUT2D eigenvalue weighted by Crippen LogP contribution is 2.38. The minimum absolute atomic E-state index is 0.0673. The molecule has 116 valence electrons. The van der Waals surface area contributed by atoms with E-state index in [9.17, 15) is 4.79 Å². The first-order valence-corrected chi connectivity index (χ1v) is 8.01. The van der Waals surface area contributed by atoms with Crippen molar-refractivity contribution in [1.29, 1.82) is 0 Å². The fourth-order valence-corrected chi connectivity index (χ4v) is 3.46. The van der Waals surface area contributed by atoms with E-state index in [1.807, 2.05) is 37.3 Å².